The predicted octanol–water partition coefficient (Wildman–Crippen LogP) is 2.24. The van der Waals surface area contributed by atoms with Gasteiger partial charge in [-0.1, -0.05) is 11.8 Å². The van der Waals surface area contributed by atoms with Crippen molar-refractivity contribution >= 4 is 17.7 Å². The fourth-order valence-corrected chi connectivity index (χ4v) is 2.90. The normalized spacial score (nSPS) is 15.1. The van der Waals surface area contributed by atoms with E-state index in [1.807, 2.05) is 4.90 Å². The van der Waals surface area contributed by atoms with E-state index in [0.29, 0.717) is 16.9 Å². The van der Waals surface area contributed by atoms with E-state index >= 15 is 0 Å². The molecule has 1 amide bonds. The van der Waals surface area contributed by atoms with Gasteiger partial charge in [0.05, 0.1) is 5.75 Å². The van der Waals surface area contributed by atoms with Gasteiger partial charge in [-0.2, -0.15) is 0 Å². The highest BCUT2D eigenvalue weighted by Crippen LogP contribution is 2.23. The summed E-state index contributed by atoms with van der Waals surface area (Å²) < 4.78 is 5.55. The molecule has 0 N–H and O–H groups in total. The summed E-state index contributed by atoms with van der Waals surface area (Å²) in [7, 11) is 0. The number of pyridine rings is 1. The van der Waals surface area contributed by atoms with Gasteiger partial charge in [-0.25, -0.2) is 0 Å². The van der Waals surface area contributed by atoms with Gasteiger partial charge in [0.15, 0.2) is 0 Å². The summed E-state index contributed by atoms with van der Waals surface area (Å²) in [5.41, 5.74) is 0.826. The number of hydrogen-bond donors (Lipinski definition) is 0. The Morgan fingerprint density at radius 3 is 2.71 bits per heavy atom. The Hall–Kier alpha value is -1.89. The lowest BCUT2D eigenvalue weighted by atomic mass is 10.1. The number of nitrogens with zero attached hydrogens (tertiary/aromatic N) is 4. The molecule has 1 fully saturated rings. The van der Waals surface area contributed by atoms with Gasteiger partial charge in [-0.05, 0) is 31.4 Å². The number of piperidine rings is 1. The number of amides is 1. The first-order valence-corrected chi connectivity index (χ1v) is 7.96. The quantitative estimate of drug-likeness (QED) is 0.807. The molecule has 21 heavy (non-hydrogen) atoms. The third-order valence-electron chi connectivity index (χ3n) is 3.36. The lowest BCUT2D eigenvalue weighted by molar-refractivity contribution is -0.129. The summed E-state index contributed by atoms with van der Waals surface area (Å²) in [4.78, 5) is 17.9. The predicted molar refractivity (Wildman–Crippen MR) is 78.7 cm³/mol. The molecule has 0 spiro atoms. The Labute approximate surface area is 127 Å². The van der Waals surface area contributed by atoms with Crippen molar-refractivity contribution in [2.24, 2.45) is 0 Å². The molecule has 1 aliphatic rings. The van der Waals surface area contributed by atoms with Crippen molar-refractivity contribution in [3.63, 3.8) is 0 Å². The highest BCUT2D eigenvalue weighted by Gasteiger charge is 2.18. The smallest absolute Gasteiger partial charge is 0.277 e. The molecule has 0 aromatic carbocycles. The Morgan fingerprint density at radius 1 is 1.19 bits per heavy atom. The van der Waals surface area contributed by atoms with Crippen LogP contribution in [0.1, 0.15) is 19.3 Å². The van der Waals surface area contributed by atoms with Gasteiger partial charge in [0.1, 0.15) is 0 Å². The van der Waals surface area contributed by atoms with Crippen LogP contribution in [0.4, 0.5) is 0 Å². The van der Waals surface area contributed by atoms with Crippen molar-refractivity contribution in [2.75, 3.05) is 18.8 Å². The fourth-order valence-electron chi connectivity index (χ4n) is 2.24. The van der Waals surface area contributed by atoms with E-state index in [1.165, 1.54) is 18.2 Å². The molecule has 0 radical (unpaired) electrons. The number of carbonyl (C=O) groups excluding carboxylic acids is 1. The topological polar surface area (TPSA) is 72.1 Å². The average Bonchev–Trinajstić information content (AvgIpc) is 3.03. The van der Waals surface area contributed by atoms with E-state index in [0.717, 1.165) is 31.5 Å². The van der Waals surface area contributed by atoms with Crippen LogP contribution in [0.5, 0.6) is 0 Å². The minimum Gasteiger partial charge on any atom is -0.411 e. The van der Waals surface area contributed by atoms with Crippen LogP contribution in [0.15, 0.2) is 34.2 Å². The monoisotopic (exact) mass is 304 g/mol. The van der Waals surface area contributed by atoms with Gasteiger partial charge in [-0.15, -0.1) is 10.2 Å². The van der Waals surface area contributed by atoms with Gasteiger partial charge in [-0.3, -0.25) is 9.78 Å². The number of thioether (sulfide) groups is 1. The molecule has 0 bridgehead atoms. The SMILES string of the molecule is O=C(CSc1nnc(-c2ccncc2)o1)N1CCCCC1. The van der Waals surface area contributed by atoms with E-state index in [2.05, 4.69) is 15.2 Å². The summed E-state index contributed by atoms with van der Waals surface area (Å²) in [6.07, 6.45) is 6.76. The second-order valence-corrected chi connectivity index (χ2v) is 5.77. The van der Waals surface area contributed by atoms with Crippen LogP contribution in [0.3, 0.4) is 0 Å². The maximum absolute atomic E-state index is 12.1. The largest absolute Gasteiger partial charge is 0.411 e. The van der Waals surface area contributed by atoms with Crippen molar-refractivity contribution in [1.82, 2.24) is 20.1 Å². The number of aromatic nitrogens is 3. The van der Waals surface area contributed by atoms with Gasteiger partial charge in [0.2, 0.25) is 11.8 Å². The van der Waals surface area contributed by atoms with E-state index in [-0.39, 0.29) is 5.91 Å². The molecule has 0 saturated carbocycles. The van der Waals surface area contributed by atoms with Crippen LogP contribution in [0, 0.1) is 0 Å². The second kappa shape index (κ2) is 6.71. The third kappa shape index (κ3) is 3.60. The first-order valence-electron chi connectivity index (χ1n) is 6.97. The minimum atomic E-state index is 0.142. The van der Waals surface area contributed by atoms with Crippen molar-refractivity contribution in [1.29, 1.82) is 0 Å². The summed E-state index contributed by atoms with van der Waals surface area (Å²) in [5.74, 6) is 0.937. The molecule has 0 atom stereocenters. The zero-order valence-corrected chi connectivity index (χ0v) is 12.4. The van der Waals surface area contributed by atoms with Crippen molar-refractivity contribution in [3.05, 3.63) is 24.5 Å². The van der Waals surface area contributed by atoms with Gasteiger partial charge in [0, 0.05) is 31.0 Å². The molecule has 0 aliphatic carbocycles. The second-order valence-electron chi connectivity index (χ2n) is 4.84. The highest BCUT2D eigenvalue weighted by molar-refractivity contribution is 7.99. The zero-order chi connectivity index (χ0) is 14.5. The van der Waals surface area contributed by atoms with Crippen LogP contribution in [-0.2, 0) is 4.79 Å². The highest BCUT2D eigenvalue weighted by atomic mass is 32.2. The van der Waals surface area contributed by atoms with Gasteiger partial charge < -0.3 is 9.32 Å². The first kappa shape index (κ1) is 14.1. The number of hydrogen-bond acceptors (Lipinski definition) is 6. The molecule has 1 aliphatic heterocycles. The summed E-state index contributed by atoms with van der Waals surface area (Å²) in [5, 5.41) is 8.37. The van der Waals surface area contributed by atoms with Crippen LogP contribution >= 0.6 is 11.8 Å². The van der Waals surface area contributed by atoms with Crippen LogP contribution in [-0.4, -0.2) is 44.8 Å². The first-order chi connectivity index (χ1) is 10.3. The Kier molecular flexibility index (Phi) is 4.49. The molecule has 2 aromatic rings. The molecule has 6 nitrogen and oxygen atoms in total. The van der Waals surface area contributed by atoms with Gasteiger partial charge >= 0.3 is 0 Å². The van der Waals surface area contributed by atoms with Crippen molar-refractivity contribution < 1.29 is 9.21 Å². The van der Waals surface area contributed by atoms with Crippen LogP contribution in [0.2, 0.25) is 0 Å². The Balaban J connectivity index is 1.56. The molecular formula is C14H16N4O2S. The Morgan fingerprint density at radius 2 is 1.95 bits per heavy atom. The lowest BCUT2D eigenvalue weighted by Gasteiger charge is -2.26. The standard InChI is InChI=1S/C14H16N4O2S/c19-12(18-8-2-1-3-9-18)10-21-14-17-16-13(20-14)11-4-6-15-7-5-11/h4-7H,1-3,8-10H2. The number of likely N-dealkylation sites (tertiary alicyclic amines) is 1. The summed E-state index contributed by atoms with van der Waals surface area (Å²) in [6, 6.07) is 3.61. The maximum atomic E-state index is 12.1. The van der Waals surface area contributed by atoms with Crippen molar-refractivity contribution in [3.8, 4) is 11.5 Å². The number of carbonyl (C=O) groups is 1. The summed E-state index contributed by atoms with van der Waals surface area (Å²) in [6.45, 7) is 1.73. The molecule has 110 valence electrons. The molecule has 1 saturated heterocycles. The summed E-state index contributed by atoms with van der Waals surface area (Å²) >= 11 is 1.29. The molecular weight excluding hydrogens is 288 g/mol. The average molecular weight is 304 g/mol. The van der Waals surface area contributed by atoms with Crippen LogP contribution in [0.25, 0.3) is 11.5 Å². The molecule has 3 heterocycles. The molecule has 0 unspecified atom stereocenters. The van der Waals surface area contributed by atoms with Crippen molar-refractivity contribution in [2.45, 2.75) is 24.5 Å². The third-order valence-corrected chi connectivity index (χ3v) is 4.16. The lowest BCUT2D eigenvalue weighted by Crippen LogP contribution is -2.36. The fraction of sp³-hybridized carbons (Fsp3) is 0.429. The molecule has 7 heteroatoms. The molecule has 2 aromatic heterocycles. The van der Waals surface area contributed by atoms with E-state index in [1.54, 1.807) is 24.5 Å². The minimum absolute atomic E-state index is 0.142. The van der Waals surface area contributed by atoms with Gasteiger partial charge in [0.25, 0.3) is 5.22 Å². The van der Waals surface area contributed by atoms with E-state index in [9.17, 15) is 4.79 Å². The van der Waals surface area contributed by atoms with E-state index < -0.39 is 0 Å². The van der Waals surface area contributed by atoms with E-state index in [4.69, 9.17) is 4.42 Å². The van der Waals surface area contributed by atoms with Crippen LogP contribution < -0.4 is 0 Å². The molecule has 3 rings (SSSR count). The number of rotatable bonds is 4. The Bertz CT molecular complexity index is 596. The maximum Gasteiger partial charge on any atom is 0.277 e. The zero-order valence-electron chi connectivity index (χ0n) is 11.6.